The minimum atomic E-state index is 0.0830. The fourth-order valence-corrected chi connectivity index (χ4v) is 4.81. The number of fused-ring (bicyclic) bond motifs is 1. The van der Waals surface area contributed by atoms with E-state index in [1.165, 1.54) is 25.7 Å². The Morgan fingerprint density at radius 2 is 2.22 bits per heavy atom. The van der Waals surface area contributed by atoms with Crippen LogP contribution in [0, 0.1) is 17.3 Å². The van der Waals surface area contributed by atoms with Crippen LogP contribution in [-0.4, -0.2) is 26.2 Å². The van der Waals surface area contributed by atoms with Gasteiger partial charge in [-0.15, -0.1) is 0 Å². The van der Waals surface area contributed by atoms with Gasteiger partial charge in [-0.3, -0.25) is 4.79 Å². The Morgan fingerprint density at radius 1 is 1.43 bits per heavy atom. The molecule has 3 rings (SSSR count). The molecule has 124 valence electrons. The number of anilines is 1. The predicted molar refractivity (Wildman–Crippen MR) is 97.8 cm³/mol. The molecule has 0 aromatic heterocycles. The second kappa shape index (κ2) is 6.27. The Morgan fingerprint density at radius 3 is 2.83 bits per heavy atom. The minimum absolute atomic E-state index is 0.0830. The highest BCUT2D eigenvalue weighted by atomic mass is 79.9. The molecule has 0 bridgehead atoms. The molecule has 2 saturated carbocycles. The first kappa shape index (κ1) is 16.5. The molecule has 0 radical (unpaired) electrons. The molecule has 1 N–H and O–H groups in total. The summed E-state index contributed by atoms with van der Waals surface area (Å²) in [6.07, 6.45) is 6.60. The van der Waals surface area contributed by atoms with Crippen LogP contribution in [0.4, 0.5) is 5.69 Å². The second-order valence-electron chi connectivity index (χ2n) is 7.18. The summed E-state index contributed by atoms with van der Waals surface area (Å²) >= 11 is 3.56. The molecule has 4 nitrogen and oxygen atoms in total. The number of nitrogens with zero attached hydrogens (tertiary/aromatic N) is 2. The van der Waals surface area contributed by atoms with E-state index in [4.69, 9.17) is 0 Å². The Kier molecular flexibility index (Phi) is 4.50. The van der Waals surface area contributed by atoms with Crippen LogP contribution in [0.5, 0.6) is 0 Å². The summed E-state index contributed by atoms with van der Waals surface area (Å²) in [5.74, 6) is 0.810. The minimum Gasteiger partial charge on any atom is -0.377 e. The average molecular weight is 378 g/mol. The summed E-state index contributed by atoms with van der Waals surface area (Å²) in [6, 6.07) is 6.03. The molecule has 3 atom stereocenters. The highest BCUT2D eigenvalue weighted by Crippen LogP contribution is 2.66. The van der Waals surface area contributed by atoms with Gasteiger partial charge >= 0.3 is 0 Å². The maximum Gasteiger partial charge on any atom is 0.244 e. The molecule has 1 aromatic carbocycles. The van der Waals surface area contributed by atoms with Crippen molar-refractivity contribution in [3.05, 3.63) is 28.2 Å². The van der Waals surface area contributed by atoms with Gasteiger partial charge in [0.15, 0.2) is 0 Å². The van der Waals surface area contributed by atoms with Crippen LogP contribution < -0.4 is 10.3 Å². The number of nitrogens with one attached hydrogen (secondary N) is 1. The molecule has 1 amide bonds. The third-order valence-corrected chi connectivity index (χ3v) is 6.09. The number of hydrogen-bond acceptors (Lipinski definition) is 3. The van der Waals surface area contributed by atoms with Crippen LogP contribution in [-0.2, 0) is 4.79 Å². The zero-order chi connectivity index (χ0) is 16.6. The van der Waals surface area contributed by atoms with Crippen molar-refractivity contribution in [2.45, 2.75) is 32.6 Å². The summed E-state index contributed by atoms with van der Waals surface area (Å²) < 4.78 is 1.01. The lowest BCUT2D eigenvalue weighted by Gasteiger charge is -2.15. The van der Waals surface area contributed by atoms with Crippen LogP contribution in [0.2, 0.25) is 0 Å². The van der Waals surface area contributed by atoms with Gasteiger partial charge in [0.2, 0.25) is 5.91 Å². The number of carbonyl (C=O) groups is 1. The Labute approximate surface area is 146 Å². The van der Waals surface area contributed by atoms with Crippen molar-refractivity contribution in [1.82, 2.24) is 5.43 Å². The van der Waals surface area contributed by atoms with Gasteiger partial charge in [-0.1, -0.05) is 25.8 Å². The molecular weight excluding hydrogens is 354 g/mol. The van der Waals surface area contributed by atoms with Gasteiger partial charge in [0, 0.05) is 24.5 Å². The largest absolute Gasteiger partial charge is 0.377 e. The Balaban J connectivity index is 1.59. The zero-order valence-corrected chi connectivity index (χ0v) is 15.6. The first-order valence-corrected chi connectivity index (χ1v) is 9.02. The van der Waals surface area contributed by atoms with E-state index >= 15 is 0 Å². The monoisotopic (exact) mass is 377 g/mol. The van der Waals surface area contributed by atoms with Crippen molar-refractivity contribution < 1.29 is 4.79 Å². The first-order chi connectivity index (χ1) is 10.9. The van der Waals surface area contributed by atoms with E-state index < -0.39 is 0 Å². The summed E-state index contributed by atoms with van der Waals surface area (Å²) in [5, 5.41) is 4.15. The van der Waals surface area contributed by atoms with Crippen molar-refractivity contribution in [3.63, 3.8) is 0 Å². The van der Waals surface area contributed by atoms with Gasteiger partial charge in [0.05, 0.1) is 11.9 Å². The SMILES string of the molecule is CN(C)c1ccc(C=NNC(=O)C2C3CCCCC32C)cc1Br. The molecule has 0 aliphatic heterocycles. The quantitative estimate of drug-likeness (QED) is 0.640. The first-order valence-electron chi connectivity index (χ1n) is 8.23. The van der Waals surface area contributed by atoms with Crippen LogP contribution in [0.25, 0.3) is 0 Å². The molecule has 5 heteroatoms. The Bertz CT molecular complexity index is 643. The number of hydrazone groups is 1. The summed E-state index contributed by atoms with van der Waals surface area (Å²) in [4.78, 5) is 14.4. The lowest BCUT2D eigenvalue weighted by Crippen LogP contribution is -2.22. The number of halogens is 1. The number of carbonyl (C=O) groups excluding carboxylic acids is 1. The topological polar surface area (TPSA) is 44.7 Å². The smallest absolute Gasteiger partial charge is 0.244 e. The van der Waals surface area contributed by atoms with Gasteiger partial charge in [0.25, 0.3) is 0 Å². The van der Waals surface area contributed by atoms with Gasteiger partial charge in [0.1, 0.15) is 0 Å². The zero-order valence-electron chi connectivity index (χ0n) is 14.0. The van der Waals surface area contributed by atoms with E-state index in [0.717, 1.165) is 15.7 Å². The third-order valence-electron chi connectivity index (χ3n) is 5.46. The summed E-state index contributed by atoms with van der Waals surface area (Å²) in [6.45, 7) is 2.25. The molecule has 0 heterocycles. The maximum atomic E-state index is 12.3. The molecule has 3 unspecified atom stereocenters. The van der Waals surface area contributed by atoms with E-state index in [1.54, 1.807) is 6.21 Å². The molecule has 23 heavy (non-hydrogen) atoms. The predicted octanol–water partition coefficient (Wildman–Crippen LogP) is 3.79. The molecule has 2 aliphatic rings. The van der Waals surface area contributed by atoms with E-state index in [1.807, 2.05) is 37.2 Å². The van der Waals surface area contributed by atoms with Gasteiger partial charge in [-0.05, 0) is 57.8 Å². The molecule has 2 aliphatic carbocycles. The maximum absolute atomic E-state index is 12.3. The van der Waals surface area contributed by atoms with Crippen molar-refractivity contribution in [2.75, 3.05) is 19.0 Å². The standard InChI is InChI=1S/C18H24BrN3O/c1-18-9-5-4-6-13(18)16(18)17(23)21-20-11-12-7-8-15(22(2)3)14(19)10-12/h7-8,10-11,13,16H,4-6,9H2,1-3H3,(H,21,23). The molecular formula is C18H24BrN3O. The van der Waals surface area contributed by atoms with Gasteiger partial charge < -0.3 is 4.90 Å². The lowest BCUT2D eigenvalue weighted by atomic mass is 9.90. The van der Waals surface area contributed by atoms with Gasteiger partial charge in [-0.2, -0.15) is 5.10 Å². The van der Waals surface area contributed by atoms with Crippen molar-refractivity contribution in [2.24, 2.45) is 22.4 Å². The van der Waals surface area contributed by atoms with E-state index in [9.17, 15) is 4.79 Å². The number of rotatable bonds is 4. The van der Waals surface area contributed by atoms with Crippen LogP contribution >= 0.6 is 15.9 Å². The number of benzene rings is 1. The van der Waals surface area contributed by atoms with Gasteiger partial charge in [-0.25, -0.2) is 5.43 Å². The van der Waals surface area contributed by atoms with E-state index in [2.05, 4.69) is 33.4 Å². The second-order valence-corrected chi connectivity index (χ2v) is 8.03. The molecule has 2 fully saturated rings. The molecule has 0 saturated heterocycles. The summed E-state index contributed by atoms with van der Waals surface area (Å²) in [7, 11) is 4.01. The third kappa shape index (κ3) is 3.16. The van der Waals surface area contributed by atoms with Crippen molar-refractivity contribution >= 4 is 33.7 Å². The van der Waals surface area contributed by atoms with Crippen molar-refractivity contribution in [3.8, 4) is 0 Å². The average Bonchev–Trinajstić information content (AvgIpc) is 3.12. The lowest BCUT2D eigenvalue weighted by molar-refractivity contribution is -0.123. The fourth-order valence-electron chi connectivity index (χ4n) is 4.06. The number of amides is 1. The summed E-state index contributed by atoms with van der Waals surface area (Å²) in [5.41, 5.74) is 5.04. The highest BCUT2D eigenvalue weighted by molar-refractivity contribution is 9.10. The van der Waals surface area contributed by atoms with Crippen molar-refractivity contribution in [1.29, 1.82) is 0 Å². The van der Waals surface area contributed by atoms with Crippen LogP contribution in [0.1, 0.15) is 38.2 Å². The number of hydrogen-bond donors (Lipinski definition) is 1. The van der Waals surface area contributed by atoms with Crippen LogP contribution in [0.15, 0.2) is 27.8 Å². The molecule has 0 spiro atoms. The normalized spacial score (nSPS) is 29.2. The van der Waals surface area contributed by atoms with E-state index in [0.29, 0.717) is 5.92 Å². The Hall–Kier alpha value is -1.36. The fraction of sp³-hybridized carbons (Fsp3) is 0.556. The molecule has 1 aromatic rings. The van der Waals surface area contributed by atoms with E-state index in [-0.39, 0.29) is 17.2 Å². The highest BCUT2D eigenvalue weighted by Gasteiger charge is 2.64. The van der Waals surface area contributed by atoms with Crippen LogP contribution in [0.3, 0.4) is 0 Å².